The highest BCUT2D eigenvalue weighted by molar-refractivity contribution is 7.98. The number of thioether (sulfide) groups is 1. The van der Waals surface area contributed by atoms with E-state index >= 15 is 0 Å². The predicted octanol–water partition coefficient (Wildman–Crippen LogP) is 3.99. The minimum atomic E-state index is -0.918. The molecular weight excluding hydrogens is 506 g/mol. The summed E-state index contributed by atoms with van der Waals surface area (Å²) in [5.74, 6) is -0.255. The fourth-order valence-corrected chi connectivity index (χ4v) is 4.70. The summed E-state index contributed by atoms with van der Waals surface area (Å²) in [6.45, 7) is 11.3. The van der Waals surface area contributed by atoms with Crippen LogP contribution in [-0.2, 0) is 23.9 Å². The molecule has 0 heterocycles. The van der Waals surface area contributed by atoms with Gasteiger partial charge >= 0.3 is 12.1 Å². The van der Waals surface area contributed by atoms with Gasteiger partial charge in [0.15, 0.2) is 0 Å². The van der Waals surface area contributed by atoms with Crippen LogP contribution in [0.25, 0.3) is 0 Å². The molecule has 9 nitrogen and oxygen atoms in total. The van der Waals surface area contributed by atoms with Crippen LogP contribution in [0, 0.1) is 12.8 Å². The largest absolute Gasteiger partial charge is 0.466 e. The first-order valence-electron chi connectivity index (χ1n) is 13.2. The first-order chi connectivity index (χ1) is 17.9. The molecule has 212 valence electrons. The van der Waals surface area contributed by atoms with Crippen molar-refractivity contribution in [2.75, 3.05) is 25.2 Å². The molecule has 2 rings (SSSR count). The molecule has 0 aliphatic heterocycles. The van der Waals surface area contributed by atoms with E-state index in [0.717, 1.165) is 12.0 Å². The lowest BCUT2D eigenvalue weighted by Gasteiger charge is -2.35. The number of carbonyl (C=O) groups excluding carboxylic acids is 4. The Morgan fingerprint density at radius 1 is 1.18 bits per heavy atom. The maximum absolute atomic E-state index is 14.2. The number of amides is 3. The first kappa shape index (κ1) is 31.5. The second-order valence-electron chi connectivity index (χ2n) is 10.6. The molecule has 2 N–H and O–H groups in total. The minimum absolute atomic E-state index is 0.0321. The number of benzene rings is 1. The third-order valence-corrected chi connectivity index (χ3v) is 6.87. The summed E-state index contributed by atoms with van der Waals surface area (Å²) in [6.07, 6.45) is 2.44. The van der Waals surface area contributed by atoms with Crippen molar-refractivity contribution in [1.82, 2.24) is 15.5 Å². The van der Waals surface area contributed by atoms with E-state index < -0.39 is 29.7 Å². The van der Waals surface area contributed by atoms with Crippen LogP contribution in [0.15, 0.2) is 24.3 Å². The third kappa shape index (κ3) is 9.53. The highest BCUT2D eigenvalue weighted by atomic mass is 32.2. The monoisotopic (exact) mass is 549 g/mol. The number of alkyl carbamates (subject to hydrolysis) is 1. The van der Waals surface area contributed by atoms with Gasteiger partial charge in [0.05, 0.1) is 13.0 Å². The maximum Gasteiger partial charge on any atom is 0.408 e. The molecule has 1 aliphatic rings. The SMILES string of the molecule is CCOC(=O)CCNC(=O)C(c1ccccc1C)N(C(=O)C(CCSC)NC(=O)OC(C)(C)C)C1CC1C. The van der Waals surface area contributed by atoms with Crippen LogP contribution in [0.4, 0.5) is 4.79 Å². The Labute approximate surface area is 230 Å². The Morgan fingerprint density at radius 2 is 1.84 bits per heavy atom. The lowest BCUT2D eigenvalue weighted by molar-refractivity contribution is -0.145. The number of nitrogens with zero attached hydrogens (tertiary/aromatic N) is 1. The lowest BCUT2D eigenvalue weighted by Crippen LogP contribution is -2.54. The molecule has 0 spiro atoms. The summed E-state index contributed by atoms with van der Waals surface area (Å²) in [4.78, 5) is 54.0. The number of hydrogen-bond donors (Lipinski definition) is 2. The van der Waals surface area contributed by atoms with Crippen LogP contribution in [-0.4, -0.2) is 71.6 Å². The predicted molar refractivity (Wildman–Crippen MR) is 149 cm³/mol. The highest BCUT2D eigenvalue weighted by Gasteiger charge is 2.48. The summed E-state index contributed by atoms with van der Waals surface area (Å²) in [6, 6.07) is 5.53. The second-order valence-corrected chi connectivity index (χ2v) is 11.6. The van der Waals surface area contributed by atoms with Crippen molar-refractivity contribution in [3.8, 4) is 0 Å². The van der Waals surface area contributed by atoms with E-state index in [1.807, 2.05) is 44.4 Å². The number of rotatable bonds is 13. The Kier molecular flexibility index (Phi) is 11.9. The van der Waals surface area contributed by atoms with E-state index in [2.05, 4.69) is 10.6 Å². The molecule has 0 radical (unpaired) electrons. The van der Waals surface area contributed by atoms with Crippen molar-refractivity contribution in [2.45, 2.75) is 84.5 Å². The molecule has 1 aromatic rings. The highest BCUT2D eigenvalue weighted by Crippen LogP contribution is 2.41. The Balaban J connectivity index is 2.41. The maximum atomic E-state index is 14.2. The summed E-state index contributed by atoms with van der Waals surface area (Å²) < 4.78 is 10.4. The number of aryl methyl sites for hydroxylation is 1. The van der Waals surface area contributed by atoms with Crippen LogP contribution in [0.1, 0.15) is 71.0 Å². The average molecular weight is 550 g/mol. The quantitative estimate of drug-likeness (QED) is 0.358. The van der Waals surface area contributed by atoms with Crippen LogP contribution in [0.2, 0.25) is 0 Å². The van der Waals surface area contributed by atoms with Gasteiger partial charge in [-0.25, -0.2) is 4.79 Å². The van der Waals surface area contributed by atoms with Crippen LogP contribution in [0.3, 0.4) is 0 Å². The smallest absolute Gasteiger partial charge is 0.408 e. The molecule has 3 amide bonds. The Bertz CT molecular complexity index is 980. The van der Waals surface area contributed by atoms with Gasteiger partial charge in [-0.3, -0.25) is 14.4 Å². The van der Waals surface area contributed by atoms with Gasteiger partial charge in [-0.15, -0.1) is 0 Å². The van der Waals surface area contributed by atoms with Crippen molar-refractivity contribution in [3.63, 3.8) is 0 Å². The number of esters is 1. The Morgan fingerprint density at radius 3 is 2.39 bits per heavy atom. The molecule has 0 saturated heterocycles. The molecule has 0 aromatic heterocycles. The zero-order chi connectivity index (χ0) is 28.5. The fourth-order valence-electron chi connectivity index (χ4n) is 4.22. The van der Waals surface area contributed by atoms with E-state index in [9.17, 15) is 19.2 Å². The zero-order valence-corrected chi connectivity index (χ0v) is 24.5. The van der Waals surface area contributed by atoms with Crippen molar-refractivity contribution in [2.24, 2.45) is 5.92 Å². The Hall–Kier alpha value is -2.75. The molecule has 4 unspecified atom stereocenters. The molecule has 0 bridgehead atoms. The van der Waals surface area contributed by atoms with Gasteiger partial charge in [0.1, 0.15) is 17.7 Å². The molecular formula is C28H43N3O6S. The van der Waals surface area contributed by atoms with Gasteiger partial charge in [-0.1, -0.05) is 31.2 Å². The molecule has 10 heteroatoms. The van der Waals surface area contributed by atoms with E-state index in [1.165, 1.54) is 0 Å². The topological polar surface area (TPSA) is 114 Å². The molecule has 1 saturated carbocycles. The van der Waals surface area contributed by atoms with Crippen LogP contribution in [0.5, 0.6) is 0 Å². The van der Waals surface area contributed by atoms with Gasteiger partial charge in [0, 0.05) is 12.6 Å². The van der Waals surface area contributed by atoms with E-state index in [1.54, 1.807) is 44.4 Å². The number of carbonyl (C=O) groups is 4. The molecule has 1 fully saturated rings. The van der Waals surface area contributed by atoms with E-state index in [-0.39, 0.29) is 43.3 Å². The zero-order valence-electron chi connectivity index (χ0n) is 23.7. The molecule has 1 aromatic carbocycles. The van der Waals surface area contributed by atoms with Gasteiger partial charge in [-0.05, 0) is 76.5 Å². The number of ether oxygens (including phenoxy) is 2. The van der Waals surface area contributed by atoms with E-state index in [0.29, 0.717) is 17.7 Å². The number of nitrogens with one attached hydrogen (secondary N) is 2. The number of hydrogen-bond acceptors (Lipinski definition) is 7. The van der Waals surface area contributed by atoms with Crippen molar-refractivity contribution in [1.29, 1.82) is 0 Å². The first-order valence-corrected chi connectivity index (χ1v) is 14.6. The van der Waals surface area contributed by atoms with Gasteiger partial charge in [0.25, 0.3) is 0 Å². The summed E-state index contributed by atoms with van der Waals surface area (Å²) in [7, 11) is 0. The van der Waals surface area contributed by atoms with Crippen molar-refractivity contribution in [3.05, 3.63) is 35.4 Å². The minimum Gasteiger partial charge on any atom is -0.466 e. The fraction of sp³-hybridized carbons (Fsp3) is 0.643. The third-order valence-electron chi connectivity index (χ3n) is 6.22. The summed E-state index contributed by atoms with van der Waals surface area (Å²) >= 11 is 1.57. The van der Waals surface area contributed by atoms with Crippen LogP contribution < -0.4 is 10.6 Å². The van der Waals surface area contributed by atoms with Gasteiger partial charge in [0.2, 0.25) is 11.8 Å². The normalized spacial score (nSPS) is 18.1. The molecule has 38 heavy (non-hydrogen) atoms. The van der Waals surface area contributed by atoms with Gasteiger partial charge < -0.3 is 25.0 Å². The van der Waals surface area contributed by atoms with Gasteiger partial charge in [-0.2, -0.15) is 11.8 Å². The molecule has 1 aliphatic carbocycles. The van der Waals surface area contributed by atoms with Crippen molar-refractivity contribution >= 4 is 35.6 Å². The standard InChI is InChI=1S/C28H43N3O6S/c1-8-36-23(32)13-15-29-25(33)24(20-12-10-9-11-18(20)2)31(22-17-19(22)3)26(34)21(14-16-38-7)30-27(35)37-28(4,5)6/h9-12,19,21-22,24H,8,13-17H2,1-7H3,(H,29,33)(H,30,35). The summed E-state index contributed by atoms with van der Waals surface area (Å²) in [5.41, 5.74) is 0.851. The van der Waals surface area contributed by atoms with Crippen molar-refractivity contribution < 1.29 is 28.7 Å². The lowest BCUT2D eigenvalue weighted by atomic mass is 9.97. The summed E-state index contributed by atoms with van der Waals surface area (Å²) in [5, 5.41) is 5.59. The second kappa shape index (κ2) is 14.4. The van der Waals surface area contributed by atoms with Crippen LogP contribution >= 0.6 is 11.8 Å². The average Bonchev–Trinajstić information content (AvgIpc) is 3.54. The molecule has 4 atom stereocenters. The van der Waals surface area contributed by atoms with E-state index in [4.69, 9.17) is 9.47 Å².